The number of carbonyl (C=O) groups is 2. The first kappa shape index (κ1) is 19.4. The van der Waals surface area contributed by atoms with E-state index in [0.717, 1.165) is 17.7 Å². The van der Waals surface area contributed by atoms with Crippen molar-refractivity contribution in [3.63, 3.8) is 0 Å². The first-order valence-electron chi connectivity index (χ1n) is 7.96. The van der Waals surface area contributed by atoms with Crippen LogP contribution in [0.3, 0.4) is 0 Å². The predicted octanol–water partition coefficient (Wildman–Crippen LogP) is 3.61. The molecule has 0 heterocycles. The molecule has 0 saturated heterocycles. The van der Waals surface area contributed by atoms with Gasteiger partial charge in [0.05, 0.1) is 0 Å². The fourth-order valence-corrected chi connectivity index (χ4v) is 2.11. The van der Waals surface area contributed by atoms with Crippen LogP contribution >= 0.6 is 0 Å². The summed E-state index contributed by atoms with van der Waals surface area (Å²) in [5.74, 6) is -2.99. The number of hydrogen-bond acceptors (Lipinski definition) is 4. The second kappa shape index (κ2) is 8.42. The molecule has 0 aliphatic rings. The van der Waals surface area contributed by atoms with Gasteiger partial charge < -0.3 is 14.8 Å². The minimum atomic E-state index is -1.26. The van der Waals surface area contributed by atoms with Crippen molar-refractivity contribution < 1.29 is 27.8 Å². The molecule has 0 saturated carbocycles. The molecular weight excluding hydrogens is 344 g/mol. The quantitative estimate of drug-likeness (QED) is 0.797. The molecule has 0 bridgehead atoms. The Morgan fingerprint density at radius 2 is 1.62 bits per heavy atom. The van der Waals surface area contributed by atoms with Gasteiger partial charge in [0, 0.05) is 0 Å². The van der Waals surface area contributed by atoms with Crippen LogP contribution in [0.15, 0.2) is 42.5 Å². The normalized spacial score (nSPS) is 12.8. The third-order valence-corrected chi connectivity index (χ3v) is 3.51. The largest absolute Gasteiger partial charge is 0.479 e. The standard InChI is InChI=1S/C19H19F2NO4/c1-11-6-4-7-14(10-11)25-13(3)19(24)26-12(2)18(23)22-17-15(20)8-5-9-16(17)21/h4-10,12-13H,1-3H3,(H,22,23)/t12-,13-/m1/s1. The lowest BCUT2D eigenvalue weighted by Gasteiger charge is -2.18. The van der Waals surface area contributed by atoms with Crippen molar-refractivity contribution in [2.45, 2.75) is 33.0 Å². The molecule has 0 spiro atoms. The molecule has 1 N–H and O–H groups in total. The molecule has 2 aromatic carbocycles. The summed E-state index contributed by atoms with van der Waals surface area (Å²) in [5, 5.41) is 2.07. The Kier molecular flexibility index (Phi) is 6.27. The predicted molar refractivity (Wildman–Crippen MR) is 91.8 cm³/mol. The van der Waals surface area contributed by atoms with Gasteiger partial charge in [-0.3, -0.25) is 4.79 Å². The van der Waals surface area contributed by atoms with Crippen molar-refractivity contribution >= 4 is 17.6 Å². The number of ether oxygens (including phenoxy) is 2. The van der Waals surface area contributed by atoms with Crippen molar-refractivity contribution in [2.75, 3.05) is 5.32 Å². The summed E-state index contributed by atoms with van der Waals surface area (Å²) >= 11 is 0. The van der Waals surface area contributed by atoms with Crippen LogP contribution in [0.2, 0.25) is 0 Å². The van der Waals surface area contributed by atoms with E-state index >= 15 is 0 Å². The van der Waals surface area contributed by atoms with Crippen LogP contribution in [-0.4, -0.2) is 24.1 Å². The summed E-state index contributed by atoms with van der Waals surface area (Å²) in [5.41, 5.74) is 0.368. The smallest absolute Gasteiger partial charge is 0.347 e. The van der Waals surface area contributed by atoms with E-state index in [1.54, 1.807) is 18.2 Å². The fourth-order valence-electron chi connectivity index (χ4n) is 2.11. The molecule has 26 heavy (non-hydrogen) atoms. The first-order chi connectivity index (χ1) is 12.3. The fraction of sp³-hybridized carbons (Fsp3) is 0.263. The van der Waals surface area contributed by atoms with E-state index in [1.807, 2.05) is 13.0 Å². The molecule has 138 valence electrons. The van der Waals surface area contributed by atoms with Gasteiger partial charge in [0.25, 0.3) is 5.91 Å². The van der Waals surface area contributed by atoms with E-state index in [9.17, 15) is 18.4 Å². The van der Waals surface area contributed by atoms with Crippen molar-refractivity contribution in [3.8, 4) is 5.75 Å². The first-order valence-corrected chi connectivity index (χ1v) is 7.96. The zero-order chi connectivity index (χ0) is 19.3. The van der Waals surface area contributed by atoms with Gasteiger partial charge in [-0.25, -0.2) is 13.6 Å². The Morgan fingerprint density at radius 1 is 1.00 bits per heavy atom. The van der Waals surface area contributed by atoms with Gasteiger partial charge in [-0.1, -0.05) is 18.2 Å². The van der Waals surface area contributed by atoms with Gasteiger partial charge in [-0.2, -0.15) is 0 Å². The van der Waals surface area contributed by atoms with Gasteiger partial charge in [-0.05, 0) is 50.6 Å². The van der Waals surface area contributed by atoms with Crippen LogP contribution in [0.4, 0.5) is 14.5 Å². The van der Waals surface area contributed by atoms with Gasteiger partial charge >= 0.3 is 5.97 Å². The molecule has 0 radical (unpaired) electrons. The van der Waals surface area contributed by atoms with E-state index in [2.05, 4.69) is 5.32 Å². The number of esters is 1. The number of halogens is 2. The molecule has 2 atom stereocenters. The molecule has 0 aliphatic carbocycles. The van der Waals surface area contributed by atoms with Gasteiger partial charge in [-0.15, -0.1) is 0 Å². The Labute approximate surface area is 149 Å². The lowest BCUT2D eigenvalue weighted by molar-refractivity contribution is -0.159. The highest BCUT2D eigenvalue weighted by Gasteiger charge is 2.24. The molecule has 0 fully saturated rings. The van der Waals surface area contributed by atoms with Crippen LogP contribution in [0.25, 0.3) is 0 Å². The van der Waals surface area contributed by atoms with E-state index < -0.39 is 41.4 Å². The lowest BCUT2D eigenvalue weighted by atomic mass is 10.2. The molecule has 0 aromatic heterocycles. The molecule has 5 nitrogen and oxygen atoms in total. The molecule has 1 amide bonds. The van der Waals surface area contributed by atoms with Crippen molar-refractivity contribution in [2.24, 2.45) is 0 Å². The summed E-state index contributed by atoms with van der Waals surface area (Å²) in [6.07, 6.45) is -2.22. The summed E-state index contributed by atoms with van der Waals surface area (Å²) in [6, 6.07) is 10.3. The van der Waals surface area contributed by atoms with Crippen LogP contribution in [-0.2, 0) is 14.3 Å². The number of carbonyl (C=O) groups excluding carboxylic acids is 2. The molecule has 2 rings (SSSR count). The molecule has 0 aliphatic heterocycles. The zero-order valence-corrected chi connectivity index (χ0v) is 14.6. The van der Waals surface area contributed by atoms with Crippen LogP contribution in [0.5, 0.6) is 5.75 Å². The summed E-state index contributed by atoms with van der Waals surface area (Å²) in [4.78, 5) is 24.1. The maximum Gasteiger partial charge on any atom is 0.347 e. The third kappa shape index (κ3) is 5.02. The third-order valence-electron chi connectivity index (χ3n) is 3.51. The van der Waals surface area contributed by atoms with Crippen molar-refractivity contribution in [1.29, 1.82) is 0 Å². The van der Waals surface area contributed by atoms with Crippen LogP contribution in [0, 0.1) is 18.6 Å². The number of amides is 1. The number of para-hydroxylation sites is 1. The monoisotopic (exact) mass is 363 g/mol. The molecule has 7 heteroatoms. The number of rotatable bonds is 6. The van der Waals surface area contributed by atoms with Gasteiger partial charge in [0.2, 0.25) is 0 Å². The highest BCUT2D eigenvalue weighted by molar-refractivity contribution is 5.95. The Hall–Kier alpha value is -2.96. The van der Waals surface area contributed by atoms with E-state index in [-0.39, 0.29) is 0 Å². The van der Waals surface area contributed by atoms with E-state index in [0.29, 0.717) is 5.75 Å². The maximum absolute atomic E-state index is 13.6. The highest BCUT2D eigenvalue weighted by Crippen LogP contribution is 2.19. The minimum absolute atomic E-state index is 0.486. The average Bonchev–Trinajstić information content (AvgIpc) is 2.58. The topological polar surface area (TPSA) is 64.6 Å². The number of aryl methyl sites for hydroxylation is 1. The SMILES string of the molecule is Cc1cccc(O[C@H](C)C(=O)O[C@H](C)C(=O)Nc2c(F)cccc2F)c1. The van der Waals surface area contributed by atoms with Crippen molar-refractivity contribution in [3.05, 3.63) is 59.7 Å². The van der Waals surface area contributed by atoms with Crippen LogP contribution < -0.4 is 10.1 Å². The number of benzene rings is 2. The van der Waals surface area contributed by atoms with Gasteiger partial charge in [0.1, 0.15) is 23.1 Å². The number of hydrogen-bond donors (Lipinski definition) is 1. The summed E-state index contributed by atoms with van der Waals surface area (Å²) in [7, 11) is 0. The maximum atomic E-state index is 13.6. The summed E-state index contributed by atoms with van der Waals surface area (Å²) in [6.45, 7) is 4.65. The Balaban J connectivity index is 1.94. The van der Waals surface area contributed by atoms with Gasteiger partial charge in [0.15, 0.2) is 12.2 Å². The minimum Gasteiger partial charge on any atom is -0.479 e. The lowest BCUT2D eigenvalue weighted by Crippen LogP contribution is -2.35. The summed E-state index contributed by atoms with van der Waals surface area (Å²) < 4.78 is 37.6. The Morgan fingerprint density at radius 3 is 2.23 bits per heavy atom. The molecule has 0 unspecified atom stereocenters. The number of nitrogens with one attached hydrogen (secondary N) is 1. The second-order valence-corrected chi connectivity index (χ2v) is 5.74. The Bertz CT molecular complexity index is 790. The number of anilines is 1. The van der Waals surface area contributed by atoms with E-state index in [4.69, 9.17) is 9.47 Å². The molecule has 2 aromatic rings. The van der Waals surface area contributed by atoms with Crippen LogP contribution in [0.1, 0.15) is 19.4 Å². The average molecular weight is 363 g/mol. The van der Waals surface area contributed by atoms with Crippen molar-refractivity contribution in [1.82, 2.24) is 0 Å². The highest BCUT2D eigenvalue weighted by atomic mass is 19.1. The van der Waals surface area contributed by atoms with E-state index in [1.165, 1.54) is 19.9 Å². The zero-order valence-electron chi connectivity index (χ0n) is 14.6. The second-order valence-electron chi connectivity index (χ2n) is 5.74. The molecular formula is C19H19F2NO4.